The molecule has 0 saturated carbocycles. The number of hydrogen-bond acceptors (Lipinski definition) is 4. The van der Waals surface area contributed by atoms with Crippen LogP contribution >= 0.6 is 35.6 Å². The molecule has 0 fully saturated rings. The third-order valence-electron chi connectivity index (χ3n) is 2.94. The molecule has 0 aromatic carbocycles. The molecule has 0 aliphatic rings. The zero-order chi connectivity index (χ0) is 15.1. The lowest BCUT2D eigenvalue weighted by Crippen LogP contribution is -2.38. The Labute approximate surface area is 151 Å². The van der Waals surface area contributed by atoms with Crippen LogP contribution in [-0.4, -0.2) is 39.3 Å². The van der Waals surface area contributed by atoms with E-state index in [1.165, 1.54) is 6.33 Å². The van der Waals surface area contributed by atoms with E-state index in [4.69, 9.17) is 11.6 Å². The molecule has 2 heterocycles. The van der Waals surface area contributed by atoms with Gasteiger partial charge >= 0.3 is 0 Å². The van der Waals surface area contributed by atoms with Crippen molar-refractivity contribution in [1.82, 2.24) is 30.4 Å². The smallest absolute Gasteiger partial charge is 0.191 e. The van der Waals surface area contributed by atoms with Gasteiger partial charge < -0.3 is 10.6 Å². The fourth-order valence-electron chi connectivity index (χ4n) is 1.74. The van der Waals surface area contributed by atoms with Gasteiger partial charge in [0, 0.05) is 26.8 Å². The highest BCUT2D eigenvalue weighted by molar-refractivity contribution is 14.0. The Morgan fingerprint density at radius 1 is 1.32 bits per heavy atom. The van der Waals surface area contributed by atoms with Crippen molar-refractivity contribution >= 4 is 41.5 Å². The summed E-state index contributed by atoms with van der Waals surface area (Å²) >= 11 is 5.75. The van der Waals surface area contributed by atoms with Crippen LogP contribution < -0.4 is 10.6 Å². The number of rotatable bonds is 5. The Hall–Kier alpha value is -1.42. The van der Waals surface area contributed by atoms with E-state index in [2.05, 4.69) is 30.7 Å². The van der Waals surface area contributed by atoms with E-state index in [0.29, 0.717) is 11.7 Å². The molecule has 2 aromatic heterocycles. The third kappa shape index (κ3) is 5.76. The minimum Gasteiger partial charge on any atom is -0.356 e. The van der Waals surface area contributed by atoms with Gasteiger partial charge in [-0.3, -0.25) is 9.67 Å². The van der Waals surface area contributed by atoms with Gasteiger partial charge in [-0.25, -0.2) is 9.97 Å². The summed E-state index contributed by atoms with van der Waals surface area (Å²) in [5.74, 6) is 1.57. The van der Waals surface area contributed by atoms with Crippen LogP contribution in [0.4, 0.5) is 0 Å². The first kappa shape index (κ1) is 18.6. The molecule has 22 heavy (non-hydrogen) atoms. The molecule has 0 saturated heterocycles. The summed E-state index contributed by atoms with van der Waals surface area (Å²) in [5, 5.41) is 10.9. The Bertz CT molecular complexity index is 597. The topological polar surface area (TPSA) is 80.0 Å². The fourth-order valence-corrected chi connectivity index (χ4v) is 1.85. The predicted molar refractivity (Wildman–Crippen MR) is 97.6 cm³/mol. The van der Waals surface area contributed by atoms with E-state index in [9.17, 15) is 0 Å². The van der Waals surface area contributed by atoms with Gasteiger partial charge in [-0.15, -0.1) is 24.0 Å². The molecule has 0 atom stereocenters. The highest BCUT2D eigenvalue weighted by Gasteiger charge is 2.02. The maximum atomic E-state index is 5.75. The summed E-state index contributed by atoms with van der Waals surface area (Å²) in [6.45, 7) is 1.32. The van der Waals surface area contributed by atoms with E-state index in [-0.39, 0.29) is 24.0 Å². The molecule has 0 radical (unpaired) electrons. The Balaban J connectivity index is 0.00000242. The highest BCUT2D eigenvalue weighted by atomic mass is 127. The largest absolute Gasteiger partial charge is 0.356 e. The van der Waals surface area contributed by atoms with E-state index < -0.39 is 0 Å². The lowest BCUT2D eigenvalue weighted by atomic mass is 10.2. The van der Waals surface area contributed by atoms with Gasteiger partial charge in [-0.1, -0.05) is 17.7 Å². The van der Waals surface area contributed by atoms with Crippen molar-refractivity contribution in [3.8, 4) is 0 Å². The number of aromatic nitrogens is 4. The minimum atomic E-state index is 0. The van der Waals surface area contributed by atoms with Crippen LogP contribution in [0.25, 0.3) is 0 Å². The van der Waals surface area contributed by atoms with E-state index in [1.807, 2.05) is 13.1 Å². The van der Waals surface area contributed by atoms with Crippen LogP contribution in [0, 0.1) is 0 Å². The van der Waals surface area contributed by atoms with Gasteiger partial charge in [0.15, 0.2) is 5.96 Å². The summed E-state index contributed by atoms with van der Waals surface area (Å²) < 4.78 is 1.72. The molecule has 0 amide bonds. The number of nitrogens with zero attached hydrogens (tertiary/aromatic N) is 5. The number of hydrogen-bond donors (Lipinski definition) is 2. The van der Waals surface area contributed by atoms with Crippen molar-refractivity contribution in [2.75, 3.05) is 13.6 Å². The van der Waals surface area contributed by atoms with Gasteiger partial charge in [0.25, 0.3) is 0 Å². The summed E-state index contributed by atoms with van der Waals surface area (Å²) in [5.41, 5.74) is 1.12. The highest BCUT2D eigenvalue weighted by Crippen LogP contribution is 2.05. The average molecular weight is 436 g/mol. The van der Waals surface area contributed by atoms with Crippen LogP contribution in [0.5, 0.6) is 0 Å². The van der Waals surface area contributed by atoms with Crippen molar-refractivity contribution in [3.63, 3.8) is 0 Å². The molecule has 2 N–H and O–H groups in total. The van der Waals surface area contributed by atoms with Crippen LogP contribution in [-0.2, 0) is 20.0 Å². The van der Waals surface area contributed by atoms with Crippen LogP contribution in [0.2, 0.25) is 5.15 Å². The van der Waals surface area contributed by atoms with E-state index >= 15 is 0 Å². The summed E-state index contributed by atoms with van der Waals surface area (Å²) in [6, 6.07) is 3.75. The second-order valence-corrected chi connectivity index (χ2v) is 4.78. The standard InChI is InChI=1S/C13H18ClN7.HI/c1-15-13(18-8-12-19-9-20-21(12)2)16-6-5-10-3-4-11(14)17-7-10;/h3-4,7,9H,5-6,8H2,1-2H3,(H2,15,16,18);1H. The fraction of sp³-hybridized carbons (Fsp3) is 0.385. The first-order valence-electron chi connectivity index (χ1n) is 6.57. The maximum Gasteiger partial charge on any atom is 0.191 e. The molecule has 7 nitrogen and oxygen atoms in total. The van der Waals surface area contributed by atoms with Crippen molar-refractivity contribution < 1.29 is 0 Å². The molecule has 0 spiro atoms. The summed E-state index contributed by atoms with van der Waals surface area (Å²) in [7, 11) is 3.59. The summed E-state index contributed by atoms with van der Waals surface area (Å²) in [6.07, 6.45) is 4.15. The van der Waals surface area contributed by atoms with Gasteiger partial charge in [0.05, 0.1) is 6.54 Å². The zero-order valence-corrected chi connectivity index (χ0v) is 15.5. The van der Waals surface area contributed by atoms with Crippen molar-refractivity contribution in [2.45, 2.75) is 13.0 Å². The number of pyridine rings is 1. The molecule has 0 bridgehead atoms. The van der Waals surface area contributed by atoms with Crippen molar-refractivity contribution in [3.05, 3.63) is 41.2 Å². The SMILES string of the molecule is CN=C(NCCc1ccc(Cl)nc1)NCc1ncnn1C.I. The molecule has 2 aromatic rings. The van der Waals surface area contributed by atoms with Crippen LogP contribution in [0.15, 0.2) is 29.6 Å². The first-order valence-corrected chi connectivity index (χ1v) is 6.94. The molecule has 0 aliphatic heterocycles. The van der Waals surface area contributed by atoms with Gasteiger partial charge in [0.2, 0.25) is 0 Å². The van der Waals surface area contributed by atoms with Crippen LogP contribution in [0.1, 0.15) is 11.4 Å². The number of halogens is 2. The minimum absolute atomic E-state index is 0. The number of aliphatic imine (C=N–C) groups is 1. The van der Waals surface area contributed by atoms with Crippen LogP contribution in [0.3, 0.4) is 0 Å². The normalized spacial score (nSPS) is 11.0. The first-order chi connectivity index (χ1) is 10.2. The van der Waals surface area contributed by atoms with Crippen molar-refractivity contribution in [1.29, 1.82) is 0 Å². The zero-order valence-electron chi connectivity index (χ0n) is 12.5. The predicted octanol–water partition coefficient (Wildman–Crippen LogP) is 1.39. The van der Waals surface area contributed by atoms with Gasteiger partial charge in [0.1, 0.15) is 17.3 Å². The van der Waals surface area contributed by atoms with Gasteiger partial charge in [-0.05, 0) is 18.1 Å². The maximum absolute atomic E-state index is 5.75. The lowest BCUT2D eigenvalue weighted by molar-refractivity contribution is 0.672. The monoisotopic (exact) mass is 435 g/mol. The number of nitrogens with one attached hydrogen (secondary N) is 2. The average Bonchev–Trinajstić information content (AvgIpc) is 2.90. The number of guanidine groups is 1. The summed E-state index contributed by atoms with van der Waals surface area (Å²) in [4.78, 5) is 12.4. The lowest BCUT2D eigenvalue weighted by Gasteiger charge is -2.11. The quantitative estimate of drug-likeness (QED) is 0.321. The second-order valence-electron chi connectivity index (χ2n) is 4.39. The molecule has 0 unspecified atom stereocenters. The Morgan fingerprint density at radius 2 is 2.14 bits per heavy atom. The molecular formula is C13H19ClIN7. The third-order valence-corrected chi connectivity index (χ3v) is 3.16. The van der Waals surface area contributed by atoms with Gasteiger partial charge in [-0.2, -0.15) is 5.10 Å². The van der Waals surface area contributed by atoms with E-state index in [1.54, 1.807) is 24.0 Å². The molecule has 0 aliphatic carbocycles. The molecule has 120 valence electrons. The van der Waals surface area contributed by atoms with E-state index in [0.717, 1.165) is 30.3 Å². The second kappa shape index (κ2) is 9.57. The Morgan fingerprint density at radius 3 is 2.73 bits per heavy atom. The van der Waals surface area contributed by atoms with Crippen molar-refractivity contribution in [2.24, 2.45) is 12.0 Å². The molecular weight excluding hydrogens is 417 g/mol. The number of aryl methyl sites for hydroxylation is 1. The Kier molecular flexibility index (Phi) is 8.10. The molecule has 9 heteroatoms. The molecule has 2 rings (SSSR count).